The molecular weight excluding hydrogens is 315 g/mol. The molecule has 0 bridgehead atoms. The SMILES string of the molecule is CC(=O)[C@H](CP(=O)(OC(C)C)OC(C)C)[C@@H](O)c1ccccc1. The van der Waals surface area contributed by atoms with Crippen molar-refractivity contribution < 1.29 is 23.5 Å². The van der Waals surface area contributed by atoms with Crippen molar-refractivity contribution in [1.82, 2.24) is 0 Å². The zero-order valence-corrected chi connectivity index (χ0v) is 15.3. The summed E-state index contributed by atoms with van der Waals surface area (Å²) >= 11 is 0. The van der Waals surface area contributed by atoms with E-state index in [9.17, 15) is 14.5 Å². The van der Waals surface area contributed by atoms with Crippen LogP contribution in [0.15, 0.2) is 30.3 Å². The number of rotatable bonds is 9. The third kappa shape index (κ3) is 6.56. The molecule has 23 heavy (non-hydrogen) atoms. The van der Waals surface area contributed by atoms with Crippen LogP contribution in [0, 0.1) is 5.92 Å². The fourth-order valence-corrected chi connectivity index (χ4v) is 4.77. The topological polar surface area (TPSA) is 72.8 Å². The predicted octanol–water partition coefficient (Wildman–Crippen LogP) is 3.97. The summed E-state index contributed by atoms with van der Waals surface area (Å²) in [5.74, 6) is -1.10. The Hall–Kier alpha value is -1.00. The Bertz CT molecular complexity index is 527. The lowest BCUT2D eigenvalue weighted by molar-refractivity contribution is -0.123. The zero-order chi connectivity index (χ0) is 17.6. The maximum absolute atomic E-state index is 13.0. The van der Waals surface area contributed by atoms with Gasteiger partial charge in [0.15, 0.2) is 0 Å². The molecule has 1 aromatic rings. The van der Waals surface area contributed by atoms with E-state index >= 15 is 0 Å². The highest BCUT2D eigenvalue weighted by Gasteiger charge is 2.37. The van der Waals surface area contributed by atoms with Crippen LogP contribution in [-0.4, -0.2) is 29.3 Å². The second-order valence-electron chi connectivity index (χ2n) is 6.17. The number of benzene rings is 1. The molecule has 0 aliphatic heterocycles. The number of hydrogen-bond acceptors (Lipinski definition) is 5. The van der Waals surface area contributed by atoms with Crippen molar-refractivity contribution in [3.63, 3.8) is 0 Å². The van der Waals surface area contributed by atoms with E-state index in [2.05, 4.69) is 0 Å². The second-order valence-corrected chi connectivity index (χ2v) is 8.18. The molecular formula is C17H27O5P. The minimum atomic E-state index is -3.50. The summed E-state index contributed by atoms with van der Waals surface area (Å²) in [6, 6.07) is 8.86. The lowest BCUT2D eigenvalue weighted by atomic mass is 9.94. The molecule has 0 saturated heterocycles. The molecule has 1 N–H and O–H groups in total. The van der Waals surface area contributed by atoms with Crippen LogP contribution in [0.2, 0.25) is 0 Å². The maximum Gasteiger partial charge on any atom is 0.332 e. The monoisotopic (exact) mass is 342 g/mol. The molecule has 6 heteroatoms. The summed E-state index contributed by atoms with van der Waals surface area (Å²) in [5, 5.41) is 10.5. The number of aliphatic hydroxyl groups excluding tert-OH is 1. The molecule has 1 aromatic carbocycles. The largest absolute Gasteiger partial charge is 0.388 e. The van der Waals surface area contributed by atoms with Crippen molar-refractivity contribution in [1.29, 1.82) is 0 Å². The lowest BCUT2D eigenvalue weighted by Gasteiger charge is -2.28. The Balaban J connectivity index is 3.04. The normalized spacial score (nSPS) is 15.0. The molecule has 5 nitrogen and oxygen atoms in total. The third-order valence-electron chi connectivity index (χ3n) is 3.21. The van der Waals surface area contributed by atoms with Crippen LogP contribution < -0.4 is 0 Å². The number of carbonyl (C=O) groups is 1. The van der Waals surface area contributed by atoms with Crippen LogP contribution in [-0.2, 0) is 18.4 Å². The smallest absolute Gasteiger partial charge is 0.332 e. The fourth-order valence-electron chi connectivity index (χ4n) is 2.33. The van der Waals surface area contributed by atoms with Crippen LogP contribution in [0.25, 0.3) is 0 Å². The molecule has 0 radical (unpaired) electrons. The Morgan fingerprint density at radius 1 is 1.09 bits per heavy atom. The third-order valence-corrected chi connectivity index (χ3v) is 5.53. The van der Waals surface area contributed by atoms with Crippen LogP contribution in [0.1, 0.15) is 46.3 Å². The first-order chi connectivity index (χ1) is 10.6. The van der Waals surface area contributed by atoms with Gasteiger partial charge in [0.05, 0.1) is 30.4 Å². The van der Waals surface area contributed by atoms with Gasteiger partial charge in [0.25, 0.3) is 0 Å². The highest BCUT2D eigenvalue weighted by atomic mass is 31.2. The zero-order valence-electron chi connectivity index (χ0n) is 14.4. The molecule has 0 aromatic heterocycles. The molecule has 2 atom stereocenters. The van der Waals surface area contributed by atoms with Crippen LogP contribution in [0.4, 0.5) is 0 Å². The highest BCUT2D eigenvalue weighted by Crippen LogP contribution is 2.53. The molecule has 130 valence electrons. The molecule has 0 aliphatic carbocycles. The number of hydrogen-bond donors (Lipinski definition) is 1. The Labute approximate surface area is 138 Å². The van der Waals surface area contributed by atoms with E-state index in [1.54, 1.807) is 52.0 Å². The summed E-state index contributed by atoms with van der Waals surface area (Å²) in [5.41, 5.74) is 0.605. The first-order valence-corrected chi connectivity index (χ1v) is 9.56. The van der Waals surface area contributed by atoms with Gasteiger partial charge in [-0.25, -0.2) is 0 Å². The second kappa shape index (κ2) is 8.74. The average Bonchev–Trinajstić information content (AvgIpc) is 2.43. The summed E-state index contributed by atoms with van der Waals surface area (Å²) in [6.45, 7) is 8.41. The van der Waals surface area contributed by atoms with Crippen LogP contribution in [0.5, 0.6) is 0 Å². The van der Waals surface area contributed by atoms with Crippen molar-refractivity contribution >= 4 is 13.4 Å². The van der Waals surface area contributed by atoms with Crippen LogP contribution in [0.3, 0.4) is 0 Å². The van der Waals surface area contributed by atoms with Gasteiger partial charge in [-0.2, -0.15) is 0 Å². The Morgan fingerprint density at radius 2 is 1.57 bits per heavy atom. The van der Waals surface area contributed by atoms with E-state index in [0.717, 1.165) is 0 Å². The van der Waals surface area contributed by atoms with Gasteiger partial charge >= 0.3 is 7.60 Å². The molecule has 0 fully saturated rings. The van der Waals surface area contributed by atoms with Gasteiger partial charge in [-0.05, 0) is 40.2 Å². The van der Waals surface area contributed by atoms with E-state index < -0.39 is 19.6 Å². The number of Topliss-reactive ketones (excluding diaryl/α,β-unsaturated/α-hetero) is 1. The van der Waals surface area contributed by atoms with Gasteiger partial charge < -0.3 is 14.2 Å². The summed E-state index contributed by atoms with van der Waals surface area (Å²) in [7, 11) is -3.50. The molecule has 1 rings (SSSR count). The van der Waals surface area contributed by atoms with Crippen molar-refractivity contribution in [3.8, 4) is 0 Å². The average molecular weight is 342 g/mol. The first kappa shape index (κ1) is 20.0. The van der Waals surface area contributed by atoms with Crippen molar-refractivity contribution in [2.24, 2.45) is 5.92 Å². The van der Waals surface area contributed by atoms with Crippen molar-refractivity contribution in [2.45, 2.75) is 52.9 Å². The molecule has 0 amide bonds. The van der Waals surface area contributed by atoms with Crippen molar-refractivity contribution in [3.05, 3.63) is 35.9 Å². The summed E-state index contributed by atoms with van der Waals surface area (Å²) < 4.78 is 23.9. The number of aliphatic hydroxyl groups is 1. The predicted molar refractivity (Wildman–Crippen MR) is 90.5 cm³/mol. The quantitative estimate of drug-likeness (QED) is 0.688. The Morgan fingerprint density at radius 3 is 1.96 bits per heavy atom. The maximum atomic E-state index is 13.0. The lowest BCUT2D eigenvalue weighted by Crippen LogP contribution is -2.26. The molecule has 0 aliphatic rings. The molecule has 0 unspecified atom stereocenters. The van der Waals surface area contributed by atoms with Gasteiger partial charge in [-0.3, -0.25) is 9.36 Å². The van der Waals surface area contributed by atoms with E-state index in [1.807, 2.05) is 6.07 Å². The Kier molecular flexibility index (Phi) is 7.62. The minimum absolute atomic E-state index is 0.144. The molecule has 0 heterocycles. The molecule has 0 saturated carbocycles. The summed E-state index contributed by atoms with van der Waals surface area (Å²) in [4.78, 5) is 12.0. The number of ketones is 1. The molecule has 0 spiro atoms. The number of carbonyl (C=O) groups excluding carboxylic acids is 1. The van der Waals surface area contributed by atoms with Gasteiger partial charge in [0.1, 0.15) is 5.78 Å². The van der Waals surface area contributed by atoms with E-state index in [1.165, 1.54) is 6.92 Å². The highest BCUT2D eigenvalue weighted by molar-refractivity contribution is 7.53. The van der Waals surface area contributed by atoms with Gasteiger partial charge in [-0.15, -0.1) is 0 Å². The standard InChI is InChI=1S/C17H27O5P/c1-12(2)21-23(20,22-13(3)4)11-16(14(5)18)17(19)15-9-7-6-8-10-15/h6-10,12-13,16-17,19H,11H2,1-5H3/t16-,17-/m0/s1. The fraction of sp³-hybridized carbons (Fsp3) is 0.588. The van der Waals surface area contributed by atoms with Crippen LogP contribution >= 0.6 is 7.60 Å². The summed E-state index contributed by atoms with van der Waals surface area (Å²) in [6.07, 6.45) is -1.80. The van der Waals surface area contributed by atoms with E-state index in [0.29, 0.717) is 5.56 Å². The van der Waals surface area contributed by atoms with E-state index in [-0.39, 0.29) is 24.2 Å². The van der Waals surface area contributed by atoms with Gasteiger partial charge in [0, 0.05) is 0 Å². The minimum Gasteiger partial charge on any atom is -0.388 e. The van der Waals surface area contributed by atoms with Gasteiger partial charge in [-0.1, -0.05) is 30.3 Å². The van der Waals surface area contributed by atoms with Crippen molar-refractivity contribution in [2.75, 3.05) is 6.16 Å². The van der Waals surface area contributed by atoms with E-state index in [4.69, 9.17) is 9.05 Å². The first-order valence-electron chi connectivity index (χ1n) is 7.84. The van der Waals surface area contributed by atoms with Gasteiger partial charge in [0.2, 0.25) is 0 Å².